The van der Waals surface area contributed by atoms with Crippen LogP contribution in [0.4, 0.5) is 10.6 Å². The minimum absolute atomic E-state index is 0.0533. The highest BCUT2D eigenvalue weighted by molar-refractivity contribution is 5.74. The fourth-order valence-corrected chi connectivity index (χ4v) is 3.86. The molecule has 1 atom stereocenters. The number of ether oxygens (including phenoxy) is 1. The van der Waals surface area contributed by atoms with Crippen LogP contribution in [0.15, 0.2) is 48.7 Å². The maximum absolute atomic E-state index is 12.8. The molecule has 0 spiro atoms. The first kappa shape index (κ1) is 19.7. The van der Waals surface area contributed by atoms with Crippen molar-refractivity contribution in [2.75, 3.05) is 57.8 Å². The van der Waals surface area contributed by atoms with E-state index in [1.165, 1.54) is 0 Å². The Bertz CT molecular complexity index is 808. The van der Waals surface area contributed by atoms with Gasteiger partial charge in [-0.3, -0.25) is 0 Å². The first-order chi connectivity index (χ1) is 14.2. The van der Waals surface area contributed by atoms with Gasteiger partial charge >= 0.3 is 6.03 Å². The van der Waals surface area contributed by atoms with Crippen LogP contribution in [0.5, 0.6) is 0 Å². The standard InChI is InChI=1S/C22H29N5O2/c1-25-10-12-26(13-11-25)21-19(8-5-9-23-21)16-24-22(28)27-14-15-29-20(17-27)18-6-3-2-4-7-18/h2-9,20H,10-17H2,1H3,(H,24,28). The minimum Gasteiger partial charge on any atom is -0.370 e. The number of anilines is 1. The molecule has 0 radical (unpaired) electrons. The summed E-state index contributed by atoms with van der Waals surface area (Å²) in [5.41, 5.74) is 2.16. The number of benzene rings is 1. The Kier molecular flexibility index (Phi) is 6.27. The predicted octanol–water partition coefficient (Wildman–Crippen LogP) is 2.12. The summed E-state index contributed by atoms with van der Waals surface area (Å²) in [4.78, 5) is 23.9. The van der Waals surface area contributed by atoms with E-state index in [2.05, 4.69) is 27.1 Å². The molecule has 7 heteroatoms. The van der Waals surface area contributed by atoms with Gasteiger partial charge in [-0.15, -0.1) is 0 Å². The van der Waals surface area contributed by atoms with Crippen LogP contribution in [0.1, 0.15) is 17.2 Å². The van der Waals surface area contributed by atoms with Crippen molar-refractivity contribution in [3.63, 3.8) is 0 Å². The molecule has 154 valence electrons. The third kappa shape index (κ3) is 4.86. The van der Waals surface area contributed by atoms with E-state index in [1.54, 1.807) is 0 Å². The van der Waals surface area contributed by atoms with Crippen LogP contribution in [0, 0.1) is 0 Å². The number of urea groups is 1. The molecule has 2 amide bonds. The number of carbonyl (C=O) groups excluding carboxylic acids is 1. The summed E-state index contributed by atoms with van der Waals surface area (Å²) >= 11 is 0. The number of nitrogens with zero attached hydrogens (tertiary/aromatic N) is 4. The number of hydrogen-bond donors (Lipinski definition) is 1. The summed E-state index contributed by atoms with van der Waals surface area (Å²) in [5.74, 6) is 0.977. The number of amides is 2. The zero-order chi connectivity index (χ0) is 20.1. The fraction of sp³-hybridized carbons (Fsp3) is 0.455. The molecule has 1 aromatic heterocycles. The van der Waals surface area contributed by atoms with Crippen molar-refractivity contribution in [1.82, 2.24) is 20.1 Å². The van der Waals surface area contributed by atoms with Crippen LogP contribution in [0.2, 0.25) is 0 Å². The van der Waals surface area contributed by atoms with Crippen LogP contribution >= 0.6 is 0 Å². The molecule has 3 heterocycles. The van der Waals surface area contributed by atoms with E-state index in [0.717, 1.165) is 43.1 Å². The SMILES string of the molecule is CN1CCN(c2ncccc2CNC(=O)N2CCOC(c3ccccc3)C2)CC1. The first-order valence-electron chi connectivity index (χ1n) is 10.3. The van der Waals surface area contributed by atoms with Gasteiger partial charge in [-0.1, -0.05) is 36.4 Å². The summed E-state index contributed by atoms with van der Waals surface area (Å²) in [7, 11) is 2.14. The number of pyridine rings is 1. The van der Waals surface area contributed by atoms with Gasteiger partial charge < -0.3 is 24.8 Å². The zero-order valence-electron chi connectivity index (χ0n) is 17.0. The van der Waals surface area contributed by atoms with Gasteiger partial charge in [0.25, 0.3) is 0 Å². The van der Waals surface area contributed by atoms with Gasteiger partial charge in [0.05, 0.1) is 13.2 Å². The Balaban J connectivity index is 1.36. The Hall–Kier alpha value is -2.64. The fourth-order valence-electron chi connectivity index (χ4n) is 3.86. The molecule has 0 aliphatic carbocycles. The van der Waals surface area contributed by atoms with Crippen LogP contribution < -0.4 is 10.2 Å². The molecule has 4 rings (SSSR count). The van der Waals surface area contributed by atoms with Crippen molar-refractivity contribution in [3.05, 3.63) is 59.8 Å². The number of morpholine rings is 1. The Morgan fingerprint density at radius 2 is 1.90 bits per heavy atom. The Morgan fingerprint density at radius 3 is 2.69 bits per heavy atom. The lowest BCUT2D eigenvalue weighted by molar-refractivity contribution is -0.0154. The second-order valence-electron chi connectivity index (χ2n) is 7.65. The van der Waals surface area contributed by atoms with E-state index in [9.17, 15) is 4.79 Å². The molecule has 7 nitrogen and oxygen atoms in total. The Labute approximate surface area is 172 Å². The number of piperazine rings is 1. The van der Waals surface area contributed by atoms with Crippen molar-refractivity contribution >= 4 is 11.8 Å². The zero-order valence-corrected chi connectivity index (χ0v) is 17.0. The van der Waals surface area contributed by atoms with E-state index in [-0.39, 0.29) is 12.1 Å². The maximum Gasteiger partial charge on any atom is 0.317 e. The topological polar surface area (TPSA) is 60.9 Å². The monoisotopic (exact) mass is 395 g/mol. The molecule has 1 aromatic carbocycles. The molecule has 1 unspecified atom stereocenters. The molecule has 0 saturated carbocycles. The van der Waals surface area contributed by atoms with Gasteiger partial charge in [-0.05, 0) is 18.7 Å². The smallest absolute Gasteiger partial charge is 0.317 e. The van der Waals surface area contributed by atoms with Crippen molar-refractivity contribution in [3.8, 4) is 0 Å². The molecule has 1 N–H and O–H groups in total. The highest BCUT2D eigenvalue weighted by atomic mass is 16.5. The number of likely N-dealkylation sites (N-methyl/N-ethyl adjacent to an activating group) is 1. The van der Waals surface area contributed by atoms with E-state index < -0.39 is 0 Å². The van der Waals surface area contributed by atoms with E-state index in [0.29, 0.717) is 26.2 Å². The van der Waals surface area contributed by atoms with E-state index in [1.807, 2.05) is 53.6 Å². The van der Waals surface area contributed by atoms with E-state index in [4.69, 9.17) is 4.74 Å². The molecule has 2 aliphatic rings. The number of rotatable bonds is 4. The van der Waals surface area contributed by atoms with Crippen LogP contribution in [-0.2, 0) is 11.3 Å². The lowest BCUT2D eigenvalue weighted by Crippen LogP contribution is -2.47. The lowest BCUT2D eigenvalue weighted by Gasteiger charge is -2.35. The first-order valence-corrected chi connectivity index (χ1v) is 10.3. The lowest BCUT2D eigenvalue weighted by atomic mass is 10.1. The molecule has 29 heavy (non-hydrogen) atoms. The summed E-state index contributed by atoms with van der Waals surface area (Å²) in [6.07, 6.45) is 1.75. The van der Waals surface area contributed by atoms with Crippen molar-refractivity contribution < 1.29 is 9.53 Å². The number of aromatic nitrogens is 1. The quantitative estimate of drug-likeness (QED) is 0.859. The van der Waals surface area contributed by atoms with Crippen LogP contribution in [0.3, 0.4) is 0 Å². The highest BCUT2D eigenvalue weighted by Crippen LogP contribution is 2.22. The number of carbonyl (C=O) groups is 1. The molecular formula is C22H29N5O2. The van der Waals surface area contributed by atoms with Crippen LogP contribution in [-0.4, -0.2) is 73.7 Å². The Morgan fingerprint density at radius 1 is 1.10 bits per heavy atom. The number of nitrogens with one attached hydrogen (secondary N) is 1. The summed E-state index contributed by atoms with van der Waals surface area (Å²) in [6, 6.07) is 14.0. The van der Waals surface area contributed by atoms with Crippen molar-refractivity contribution in [2.45, 2.75) is 12.6 Å². The van der Waals surface area contributed by atoms with Gasteiger partial charge in [0, 0.05) is 51.0 Å². The average molecular weight is 396 g/mol. The summed E-state index contributed by atoms with van der Waals surface area (Å²) < 4.78 is 5.87. The molecule has 2 saturated heterocycles. The van der Waals surface area contributed by atoms with Gasteiger partial charge in [-0.25, -0.2) is 9.78 Å². The summed E-state index contributed by atoms with van der Waals surface area (Å²) in [6.45, 7) is 6.15. The van der Waals surface area contributed by atoms with E-state index >= 15 is 0 Å². The second-order valence-corrected chi connectivity index (χ2v) is 7.65. The molecule has 2 fully saturated rings. The maximum atomic E-state index is 12.8. The highest BCUT2D eigenvalue weighted by Gasteiger charge is 2.25. The van der Waals surface area contributed by atoms with Gasteiger partial charge in [0.15, 0.2) is 0 Å². The largest absolute Gasteiger partial charge is 0.370 e. The van der Waals surface area contributed by atoms with Crippen molar-refractivity contribution in [1.29, 1.82) is 0 Å². The van der Waals surface area contributed by atoms with Gasteiger partial charge in [-0.2, -0.15) is 0 Å². The van der Waals surface area contributed by atoms with Crippen LogP contribution in [0.25, 0.3) is 0 Å². The third-order valence-electron chi connectivity index (χ3n) is 5.63. The second kappa shape index (κ2) is 9.24. The minimum atomic E-state index is -0.0741. The summed E-state index contributed by atoms with van der Waals surface area (Å²) in [5, 5.41) is 3.08. The predicted molar refractivity (Wildman–Crippen MR) is 113 cm³/mol. The molecule has 2 aromatic rings. The normalized spacial score (nSPS) is 20.5. The average Bonchev–Trinajstić information content (AvgIpc) is 2.79. The molecule has 2 aliphatic heterocycles. The van der Waals surface area contributed by atoms with Gasteiger partial charge in [0.1, 0.15) is 11.9 Å². The molecular weight excluding hydrogens is 366 g/mol. The third-order valence-corrected chi connectivity index (χ3v) is 5.63. The number of hydrogen-bond acceptors (Lipinski definition) is 5. The molecule has 0 bridgehead atoms. The van der Waals surface area contributed by atoms with Crippen molar-refractivity contribution in [2.24, 2.45) is 0 Å². The van der Waals surface area contributed by atoms with Gasteiger partial charge in [0.2, 0.25) is 0 Å².